The van der Waals surface area contributed by atoms with Gasteiger partial charge in [-0.3, -0.25) is 14.4 Å². The lowest BCUT2D eigenvalue weighted by Gasteiger charge is -2.11. The van der Waals surface area contributed by atoms with Crippen LogP contribution in [-0.2, 0) is 23.9 Å². The summed E-state index contributed by atoms with van der Waals surface area (Å²) in [6.45, 7) is 3.01. The minimum Gasteiger partial charge on any atom is -0.508 e. The van der Waals surface area contributed by atoms with Gasteiger partial charge < -0.3 is 14.6 Å². The number of aromatic hydroxyl groups is 1. The fourth-order valence-electron chi connectivity index (χ4n) is 1.60. The Hall–Kier alpha value is -2.37. The molecule has 1 N–H and O–H groups in total. The largest absolute Gasteiger partial charge is 0.508 e. The highest BCUT2D eigenvalue weighted by atomic mass is 16.5. The van der Waals surface area contributed by atoms with E-state index in [1.54, 1.807) is 26.0 Å². The van der Waals surface area contributed by atoms with E-state index in [0.29, 0.717) is 5.56 Å². The number of benzene rings is 1. The predicted molar refractivity (Wildman–Crippen MR) is 73.7 cm³/mol. The quantitative estimate of drug-likeness (QED) is 0.606. The third kappa shape index (κ3) is 5.64. The monoisotopic (exact) mass is 294 g/mol. The predicted octanol–water partition coefficient (Wildman–Crippen LogP) is 1.56. The number of carbonyl (C=O) groups is 3. The molecular weight excluding hydrogens is 276 g/mol. The highest BCUT2D eigenvalue weighted by Crippen LogP contribution is 2.19. The van der Waals surface area contributed by atoms with Gasteiger partial charge in [0.2, 0.25) is 0 Å². The lowest BCUT2D eigenvalue weighted by molar-refractivity contribution is -0.152. The summed E-state index contributed by atoms with van der Waals surface area (Å²) in [6, 6.07) is 6.12. The Kier molecular flexibility index (Phi) is 6.39. The van der Waals surface area contributed by atoms with Crippen LogP contribution in [0.4, 0.5) is 0 Å². The second-order valence-corrected chi connectivity index (χ2v) is 4.44. The van der Waals surface area contributed by atoms with E-state index in [1.165, 1.54) is 12.1 Å². The van der Waals surface area contributed by atoms with Crippen LogP contribution in [0, 0.1) is 0 Å². The third-order valence-corrected chi connectivity index (χ3v) is 2.77. The average Bonchev–Trinajstić information content (AvgIpc) is 2.45. The average molecular weight is 294 g/mol. The minimum atomic E-state index is -0.634. The van der Waals surface area contributed by atoms with Crippen molar-refractivity contribution in [3.8, 4) is 5.75 Å². The van der Waals surface area contributed by atoms with Crippen LogP contribution in [0.15, 0.2) is 24.3 Å². The van der Waals surface area contributed by atoms with E-state index >= 15 is 0 Å². The Bertz CT molecular complexity index is 505. The van der Waals surface area contributed by atoms with Gasteiger partial charge >= 0.3 is 11.9 Å². The molecule has 0 aliphatic rings. The zero-order chi connectivity index (χ0) is 15.8. The summed E-state index contributed by atoms with van der Waals surface area (Å²) in [7, 11) is 0. The number of hydrogen-bond acceptors (Lipinski definition) is 6. The maximum Gasteiger partial charge on any atom is 0.313 e. The molecule has 6 nitrogen and oxygen atoms in total. The molecule has 1 aromatic rings. The van der Waals surface area contributed by atoms with Crippen molar-refractivity contribution in [1.82, 2.24) is 0 Å². The summed E-state index contributed by atoms with van der Waals surface area (Å²) in [4.78, 5) is 34.3. The number of phenols is 1. The molecule has 0 spiro atoms. The molecular formula is C15H18O6. The first-order chi connectivity index (χ1) is 9.93. The van der Waals surface area contributed by atoms with E-state index in [1.807, 2.05) is 0 Å². The van der Waals surface area contributed by atoms with Crippen molar-refractivity contribution in [3.05, 3.63) is 29.8 Å². The second-order valence-electron chi connectivity index (χ2n) is 4.44. The van der Waals surface area contributed by atoms with Crippen LogP contribution in [-0.4, -0.2) is 36.0 Å². The van der Waals surface area contributed by atoms with E-state index in [4.69, 9.17) is 4.74 Å². The molecule has 0 aliphatic carbocycles. The number of Topliss-reactive ketones (excluding diaryl/α,β-unsaturated/α-hetero) is 1. The normalized spacial score (nSPS) is 11.5. The number of carbonyl (C=O) groups excluding carboxylic acids is 3. The van der Waals surface area contributed by atoms with Gasteiger partial charge in [0.25, 0.3) is 0 Å². The Balaban J connectivity index is 2.44. The van der Waals surface area contributed by atoms with Crippen molar-refractivity contribution in [2.75, 3.05) is 13.2 Å². The summed E-state index contributed by atoms with van der Waals surface area (Å²) in [5, 5.41) is 9.18. The van der Waals surface area contributed by atoms with Gasteiger partial charge in [0.1, 0.15) is 12.2 Å². The molecule has 21 heavy (non-hydrogen) atoms. The van der Waals surface area contributed by atoms with Crippen LogP contribution in [0.2, 0.25) is 0 Å². The number of rotatable bonds is 7. The second kappa shape index (κ2) is 8.04. The van der Waals surface area contributed by atoms with Crippen LogP contribution < -0.4 is 0 Å². The smallest absolute Gasteiger partial charge is 0.313 e. The van der Waals surface area contributed by atoms with Gasteiger partial charge in [0, 0.05) is 0 Å². The van der Waals surface area contributed by atoms with Crippen molar-refractivity contribution < 1.29 is 29.0 Å². The summed E-state index contributed by atoms with van der Waals surface area (Å²) < 4.78 is 9.49. The molecule has 1 rings (SSSR count). The fourth-order valence-corrected chi connectivity index (χ4v) is 1.60. The van der Waals surface area contributed by atoms with Crippen LogP contribution in [0.5, 0.6) is 5.75 Å². The summed E-state index contributed by atoms with van der Waals surface area (Å²) in [6.07, 6.45) is -0.408. The Morgan fingerprint density at radius 1 is 1.14 bits per heavy atom. The fraction of sp³-hybridized carbons (Fsp3) is 0.400. The summed E-state index contributed by atoms with van der Waals surface area (Å²) in [5.74, 6) is -2.19. The van der Waals surface area contributed by atoms with Gasteiger partial charge in [-0.1, -0.05) is 12.1 Å². The van der Waals surface area contributed by atoms with E-state index in [9.17, 15) is 19.5 Å². The van der Waals surface area contributed by atoms with E-state index in [0.717, 1.165) is 0 Å². The Morgan fingerprint density at radius 3 is 2.33 bits per heavy atom. The molecule has 0 saturated heterocycles. The molecule has 0 bridgehead atoms. The van der Waals surface area contributed by atoms with Gasteiger partial charge in [-0.15, -0.1) is 0 Å². The molecule has 0 fully saturated rings. The highest BCUT2D eigenvalue weighted by molar-refractivity contribution is 5.97. The first kappa shape index (κ1) is 16.7. The molecule has 0 heterocycles. The standard InChI is InChI=1S/C15H18O6/c1-3-20-14(18)8-13(17)9-21-15(19)10(2)11-4-6-12(16)7-5-11/h4-7,10,16H,3,8-9H2,1-2H3. The van der Waals surface area contributed by atoms with Crippen molar-refractivity contribution >= 4 is 17.7 Å². The number of phenolic OH excluding ortho intramolecular Hbond substituents is 1. The molecule has 1 unspecified atom stereocenters. The van der Waals surface area contributed by atoms with Crippen LogP contribution in [0.25, 0.3) is 0 Å². The molecule has 0 aliphatic heterocycles. The lowest BCUT2D eigenvalue weighted by Crippen LogP contribution is -2.21. The van der Waals surface area contributed by atoms with Gasteiger partial charge in [-0.05, 0) is 31.5 Å². The maximum atomic E-state index is 11.8. The van der Waals surface area contributed by atoms with E-state index in [-0.39, 0.29) is 12.4 Å². The van der Waals surface area contributed by atoms with Gasteiger partial charge in [0.15, 0.2) is 12.4 Å². The molecule has 0 aromatic heterocycles. The maximum absolute atomic E-state index is 11.8. The number of esters is 2. The lowest BCUT2D eigenvalue weighted by atomic mass is 10.0. The number of hydrogen-bond donors (Lipinski definition) is 1. The molecule has 0 saturated carbocycles. The number of ketones is 1. The minimum absolute atomic E-state index is 0.101. The molecule has 1 aromatic carbocycles. The molecule has 6 heteroatoms. The van der Waals surface area contributed by atoms with Gasteiger partial charge in [-0.2, -0.15) is 0 Å². The SMILES string of the molecule is CCOC(=O)CC(=O)COC(=O)C(C)c1ccc(O)cc1. The van der Waals surface area contributed by atoms with Crippen molar-refractivity contribution in [2.24, 2.45) is 0 Å². The zero-order valence-corrected chi connectivity index (χ0v) is 12.0. The first-order valence-corrected chi connectivity index (χ1v) is 6.57. The summed E-state index contributed by atoms with van der Waals surface area (Å²) in [5.41, 5.74) is 0.663. The highest BCUT2D eigenvalue weighted by Gasteiger charge is 2.19. The van der Waals surface area contributed by atoms with Crippen LogP contribution >= 0.6 is 0 Å². The molecule has 1 atom stereocenters. The Morgan fingerprint density at radius 2 is 1.76 bits per heavy atom. The van der Waals surface area contributed by atoms with Crippen molar-refractivity contribution in [1.29, 1.82) is 0 Å². The third-order valence-electron chi connectivity index (χ3n) is 2.77. The topological polar surface area (TPSA) is 89.9 Å². The van der Waals surface area contributed by atoms with Gasteiger partial charge in [-0.25, -0.2) is 0 Å². The summed E-state index contributed by atoms with van der Waals surface area (Å²) >= 11 is 0. The molecule has 114 valence electrons. The first-order valence-electron chi connectivity index (χ1n) is 6.57. The van der Waals surface area contributed by atoms with E-state index < -0.39 is 36.7 Å². The van der Waals surface area contributed by atoms with Crippen molar-refractivity contribution in [3.63, 3.8) is 0 Å². The van der Waals surface area contributed by atoms with Crippen molar-refractivity contribution in [2.45, 2.75) is 26.2 Å². The molecule has 0 amide bonds. The zero-order valence-electron chi connectivity index (χ0n) is 12.0. The van der Waals surface area contributed by atoms with E-state index in [2.05, 4.69) is 4.74 Å². The van der Waals surface area contributed by atoms with Gasteiger partial charge in [0.05, 0.1) is 12.5 Å². The Labute approximate surface area is 122 Å². The number of ether oxygens (including phenoxy) is 2. The molecule has 0 radical (unpaired) electrons. The van der Waals surface area contributed by atoms with Crippen LogP contribution in [0.1, 0.15) is 31.7 Å². The van der Waals surface area contributed by atoms with Crippen LogP contribution in [0.3, 0.4) is 0 Å².